The lowest BCUT2D eigenvalue weighted by Crippen LogP contribution is -2.40. The van der Waals surface area contributed by atoms with Gasteiger partial charge in [-0.25, -0.2) is 12.8 Å². The maximum atomic E-state index is 13.0. The summed E-state index contributed by atoms with van der Waals surface area (Å²) in [7, 11) is -3.54. The molecule has 8 heteroatoms. The topological polar surface area (TPSA) is 52.7 Å². The van der Waals surface area contributed by atoms with Crippen LogP contribution >= 0.6 is 12.4 Å². The van der Waals surface area contributed by atoms with Crippen molar-refractivity contribution in [3.8, 4) is 0 Å². The van der Waals surface area contributed by atoms with E-state index in [1.807, 2.05) is 0 Å². The molecule has 2 fully saturated rings. The van der Waals surface area contributed by atoms with Gasteiger partial charge in [0.1, 0.15) is 5.82 Å². The Morgan fingerprint density at radius 2 is 1.88 bits per heavy atom. The van der Waals surface area contributed by atoms with Gasteiger partial charge in [0.15, 0.2) is 0 Å². The highest BCUT2D eigenvalue weighted by atomic mass is 35.5. The van der Waals surface area contributed by atoms with Crippen molar-refractivity contribution in [2.75, 3.05) is 45.8 Å². The van der Waals surface area contributed by atoms with Gasteiger partial charge in [0.05, 0.1) is 4.90 Å². The summed E-state index contributed by atoms with van der Waals surface area (Å²) < 4.78 is 40.1. The average molecular weight is 392 g/mol. The largest absolute Gasteiger partial charge is 0.316 e. The van der Waals surface area contributed by atoms with E-state index < -0.39 is 15.8 Å². The van der Waals surface area contributed by atoms with Crippen LogP contribution in [0.25, 0.3) is 0 Å². The van der Waals surface area contributed by atoms with Crippen LogP contribution in [0.15, 0.2) is 29.2 Å². The zero-order valence-corrected chi connectivity index (χ0v) is 16.2. The molecule has 0 amide bonds. The lowest BCUT2D eigenvalue weighted by Gasteiger charge is -2.31. The fraction of sp³-hybridized carbons (Fsp3) is 0.647. The quantitative estimate of drug-likeness (QED) is 0.852. The second-order valence-electron chi connectivity index (χ2n) is 7.23. The monoisotopic (exact) mass is 391 g/mol. The number of rotatable bonds is 4. The molecular weight excluding hydrogens is 365 g/mol. The van der Waals surface area contributed by atoms with Crippen LogP contribution in [0.3, 0.4) is 0 Å². The molecule has 1 unspecified atom stereocenters. The summed E-state index contributed by atoms with van der Waals surface area (Å²) in [6.07, 6.45) is 1.99. The Hall–Kier alpha value is -0.730. The summed E-state index contributed by atoms with van der Waals surface area (Å²) in [4.78, 5) is 2.55. The molecule has 2 saturated heterocycles. The minimum atomic E-state index is -3.54. The highest BCUT2D eigenvalue weighted by molar-refractivity contribution is 7.89. The van der Waals surface area contributed by atoms with Crippen LogP contribution in [-0.2, 0) is 10.0 Å². The van der Waals surface area contributed by atoms with Gasteiger partial charge in [-0.3, -0.25) is 0 Å². The Morgan fingerprint density at radius 3 is 2.52 bits per heavy atom. The highest BCUT2D eigenvalue weighted by Crippen LogP contribution is 2.26. The van der Waals surface area contributed by atoms with Gasteiger partial charge in [-0.2, -0.15) is 4.31 Å². The molecule has 3 rings (SSSR count). The first-order valence-corrected chi connectivity index (χ1v) is 10.0. The Labute approximate surface area is 156 Å². The zero-order valence-electron chi connectivity index (χ0n) is 14.6. The summed E-state index contributed by atoms with van der Waals surface area (Å²) in [6.45, 7) is 8.07. The molecule has 5 nitrogen and oxygen atoms in total. The van der Waals surface area contributed by atoms with Crippen LogP contribution in [0.2, 0.25) is 0 Å². The van der Waals surface area contributed by atoms with Crippen molar-refractivity contribution in [3.63, 3.8) is 0 Å². The van der Waals surface area contributed by atoms with Crippen molar-refractivity contribution >= 4 is 22.4 Å². The minimum Gasteiger partial charge on any atom is -0.316 e. The third kappa shape index (κ3) is 4.92. The van der Waals surface area contributed by atoms with E-state index in [0.29, 0.717) is 13.1 Å². The van der Waals surface area contributed by atoms with Gasteiger partial charge in [-0.1, -0.05) is 6.92 Å². The molecule has 0 spiro atoms. The number of nitrogens with one attached hydrogen (secondary N) is 1. The van der Waals surface area contributed by atoms with E-state index >= 15 is 0 Å². The number of hydrogen-bond donors (Lipinski definition) is 1. The zero-order chi connectivity index (χ0) is 17.2. The molecule has 2 aliphatic heterocycles. The lowest BCUT2D eigenvalue weighted by molar-refractivity contribution is 0.184. The molecule has 1 N–H and O–H groups in total. The number of benzene rings is 1. The molecule has 0 saturated carbocycles. The standard InChI is InChI=1S/C17H26FN3O2S.ClH/c1-17(7-8-19-13-17)14-20-9-2-10-21(12-11-20)24(22,23)16-5-3-15(18)4-6-16;/h3-6,19H,2,7-14H2,1H3;1H. The summed E-state index contributed by atoms with van der Waals surface area (Å²) in [6, 6.07) is 5.09. The molecule has 1 atom stereocenters. The molecular formula is C17H27ClFN3O2S. The fourth-order valence-corrected chi connectivity index (χ4v) is 5.11. The SMILES string of the molecule is CC1(CN2CCCN(S(=O)(=O)c3ccc(F)cc3)CC2)CCNC1.Cl. The molecule has 2 aliphatic rings. The maximum absolute atomic E-state index is 13.0. The average Bonchev–Trinajstić information content (AvgIpc) is 2.82. The maximum Gasteiger partial charge on any atom is 0.243 e. The van der Waals surface area contributed by atoms with Gasteiger partial charge in [0, 0.05) is 32.7 Å². The first kappa shape index (κ1) is 20.6. The van der Waals surface area contributed by atoms with Gasteiger partial charge in [-0.15, -0.1) is 12.4 Å². The van der Waals surface area contributed by atoms with Gasteiger partial charge in [0.25, 0.3) is 0 Å². The molecule has 2 heterocycles. The summed E-state index contributed by atoms with van der Waals surface area (Å²) in [5, 5.41) is 3.41. The molecule has 0 bridgehead atoms. The summed E-state index contributed by atoms with van der Waals surface area (Å²) in [5.74, 6) is -0.422. The van der Waals surface area contributed by atoms with E-state index in [1.165, 1.54) is 35.0 Å². The highest BCUT2D eigenvalue weighted by Gasteiger charge is 2.32. The Bertz CT molecular complexity index is 663. The molecule has 0 aliphatic carbocycles. The van der Waals surface area contributed by atoms with Gasteiger partial charge in [0.2, 0.25) is 10.0 Å². The van der Waals surface area contributed by atoms with Crippen LogP contribution in [0.5, 0.6) is 0 Å². The summed E-state index contributed by atoms with van der Waals surface area (Å²) in [5.41, 5.74) is 0.283. The Morgan fingerprint density at radius 1 is 1.16 bits per heavy atom. The predicted molar refractivity (Wildman–Crippen MR) is 99.1 cm³/mol. The van der Waals surface area contributed by atoms with Crippen LogP contribution in [0.1, 0.15) is 19.8 Å². The van der Waals surface area contributed by atoms with E-state index in [2.05, 4.69) is 17.1 Å². The third-order valence-electron chi connectivity index (χ3n) is 5.06. The van der Waals surface area contributed by atoms with Crippen molar-refractivity contribution in [2.45, 2.75) is 24.7 Å². The number of hydrogen-bond acceptors (Lipinski definition) is 4. The smallest absolute Gasteiger partial charge is 0.243 e. The van der Waals surface area contributed by atoms with Crippen molar-refractivity contribution in [3.05, 3.63) is 30.1 Å². The summed E-state index contributed by atoms with van der Waals surface area (Å²) >= 11 is 0. The normalized spacial score (nSPS) is 26.2. The lowest BCUT2D eigenvalue weighted by atomic mass is 9.89. The third-order valence-corrected chi connectivity index (χ3v) is 6.97. The van der Waals surface area contributed by atoms with Crippen LogP contribution < -0.4 is 5.32 Å². The van der Waals surface area contributed by atoms with Crippen molar-refractivity contribution in [1.82, 2.24) is 14.5 Å². The van der Waals surface area contributed by atoms with E-state index in [1.54, 1.807) is 0 Å². The first-order valence-electron chi connectivity index (χ1n) is 8.58. The molecule has 1 aromatic rings. The molecule has 0 radical (unpaired) electrons. The van der Waals surface area contributed by atoms with E-state index in [-0.39, 0.29) is 22.7 Å². The Balaban J connectivity index is 0.00000225. The van der Waals surface area contributed by atoms with Gasteiger partial charge in [-0.05, 0) is 55.6 Å². The Kier molecular flexibility index (Phi) is 6.84. The van der Waals surface area contributed by atoms with Gasteiger partial charge < -0.3 is 10.2 Å². The van der Waals surface area contributed by atoms with Crippen LogP contribution in [0, 0.1) is 11.2 Å². The number of nitrogens with zero attached hydrogens (tertiary/aromatic N) is 2. The second kappa shape index (κ2) is 8.31. The van der Waals surface area contributed by atoms with Crippen LogP contribution in [-0.4, -0.2) is 63.4 Å². The fourth-order valence-electron chi connectivity index (χ4n) is 3.64. The van der Waals surface area contributed by atoms with Gasteiger partial charge >= 0.3 is 0 Å². The van der Waals surface area contributed by atoms with Crippen molar-refractivity contribution in [1.29, 1.82) is 0 Å². The number of halogens is 2. The van der Waals surface area contributed by atoms with E-state index in [4.69, 9.17) is 0 Å². The van der Waals surface area contributed by atoms with E-state index in [9.17, 15) is 12.8 Å². The second-order valence-corrected chi connectivity index (χ2v) is 9.16. The first-order chi connectivity index (χ1) is 11.4. The number of sulfonamides is 1. The van der Waals surface area contributed by atoms with Crippen LogP contribution in [0.4, 0.5) is 4.39 Å². The minimum absolute atomic E-state index is 0. The molecule has 142 valence electrons. The molecule has 1 aromatic carbocycles. The predicted octanol–water partition coefficient (Wildman–Crippen LogP) is 1.94. The molecule has 25 heavy (non-hydrogen) atoms. The van der Waals surface area contributed by atoms with Crippen molar-refractivity contribution < 1.29 is 12.8 Å². The van der Waals surface area contributed by atoms with Crippen molar-refractivity contribution in [2.24, 2.45) is 5.41 Å². The van der Waals surface area contributed by atoms with E-state index in [0.717, 1.165) is 39.1 Å². The molecule has 0 aromatic heterocycles.